The summed E-state index contributed by atoms with van der Waals surface area (Å²) < 4.78 is 67.7. The van der Waals surface area contributed by atoms with Crippen molar-refractivity contribution in [1.29, 1.82) is 0 Å². The second kappa shape index (κ2) is 11.4. The molecule has 3 saturated heterocycles. The van der Waals surface area contributed by atoms with Crippen LogP contribution in [0.15, 0.2) is 35.5 Å². The van der Waals surface area contributed by atoms with Crippen molar-refractivity contribution in [3.05, 3.63) is 40.5 Å². The summed E-state index contributed by atoms with van der Waals surface area (Å²) >= 11 is 5.97. The molecule has 1 aliphatic carbocycles. The molecule has 3 amide bonds. The lowest BCUT2D eigenvalue weighted by Crippen LogP contribution is -2.69. The molecule has 39 heavy (non-hydrogen) atoms. The van der Waals surface area contributed by atoms with Gasteiger partial charge in [-0.25, -0.2) is 17.2 Å². The van der Waals surface area contributed by atoms with Crippen molar-refractivity contribution in [3.63, 3.8) is 0 Å². The Labute approximate surface area is 229 Å². The van der Waals surface area contributed by atoms with Gasteiger partial charge in [0, 0.05) is 41.9 Å². The number of nitrogens with one attached hydrogen (secondary N) is 3. The fourth-order valence-electron chi connectivity index (χ4n) is 5.63. The van der Waals surface area contributed by atoms with Crippen LogP contribution in [0, 0.1) is 11.8 Å². The van der Waals surface area contributed by atoms with Gasteiger partial charge in [-0.1, -0.05) is 17.7 Å². The number of carbonyl (C=O) groups excluding carboxylic acids is 3. The number of fused-ring (bicyclic) bond motifs is 3. The summed E-state index contributed by atoms with van der Waals surface area (Å²) in [7, 11) is -4.25. The second-order valence-electron chi connectivity index (χ2n) is 10.3. The molecule has 9 nitrogen and oxygen atoms in total. The largest absolute Gasteiger partial charge is 0.376 e. The molecule has 0 aromatic heterocycles. The third kappa shape index (κ3) is 6.68. The van der Waals surface area contributed by atoms with Gasteiger partial charge in [-0.3, -0.25) is 14.4 Å². The fourth-order valence-corrected chi connectivity index (χ4v) is 6.23. The number of nitrogens with zero attached hydrogens (tertiary/aromatic N) is 1. The number of carbonyl (C=O) groups is 3. The third-order valence-electron chi connectivity index (χ3n) is 7.48. The molecule has 1 aromatic carbocycles. The number of hydrogen-bond acceptors (Lipinski definition) is 6. The average Bonchev–Trinajstić information content (AvgIpc) is 3.25. The summed E-state index contributed by atoms with van der Waals surface area (Å²) in [6.07, 6.45) is 1.27. The number of halogens is 4. The SMILES string of the molecule is CS(=O)(=O)/C(F)=C/[C@@H](C[C@H]1CCNC1=O)NC(=O)[C@H]1[C@@H]2CC[C@@H](CC2(F)F)N1C(=O)CNc1cccc(Cl)c1. The highest BCUT2D eigenvalue weighted by atomic mass is 35.5. The zero-order valence-electron chi connectivity index (χ0n) is 21.1. The van der Waals surface area contributed by atoms with E-state index in [9.17, 15) is 36.0 Å². The van der Waals surface area contributed by atoms with Gasteiger partial charge in [-0.2, -0.15) is 4.39 Å². The zero-order chi connectivity index (χ0) is 28.5. The first-order chi connectivity index (χ1) is 18.3. The molecule has 0 radical (unpaired) electrons. The summed E-state index contributed by atoms with van der Waals surface area (Å²) in [6, 6.07) is 2.84. The normalized spacial score (nSPS) is 27.2. The van der Waals surface area contributed by atoms with E-state index in [1.165, 1.54) is 0 Å². The number of rotatable bonds is 9. The number of amides is 3. The number of benzene rings is 1. The maximum Gasteiger partial charge on any atom is 0.255 e. The molecule has 1 aromatic rings. The molecule has 0 spiro atoms. The van der Waals surface area contributed by atoms with Crippen LogP contribution in [0.5, 0.6) is 0 Å². The predicted octanol–water partition coefficient (Wildman–Crippen LogP) is 2.63. The Balaban J connectivity index is 1.58. The van der Waals surface area contributed by atoms with Gasteiger partial charge in [0.15, 0.2) is 0 Å². The van der Waals surface area contributed by atoms with E-state index in [1.54, 1.807) is 24.3 Å². The lowest BCUT2D eigenvalue weighted by Gasteiger charge is -2.53. The van der Waals surface area contributed by atoms with Crippen LogP contribution >= 0.6 is 11.6 Å². The summed E-state index contributed by atoms with van der Waals surface area (Å²) in [6.45, 7) is 0.0795. The Morgan fingerprint density at radius 1 is 1.28 bits per heavy atom. The Morgan fingerprint density at radius 2 is 2.03 bits per heavy atom. The van der Waals surface area contributed by atoms with Crippen molar-refractivity contribution in [1.82, 2.24) is 15.5 Å². The van der Waals surface area contributed by atoms with Crippen molar-refractivity contribution in [3.8, 4) is 0 Å². The van der Waals surface area contributed by atoms with E-state index in [0.29, 0.717) is 42.4 Å². The minimum absolute atomic E-state index is 0.00446. The van der Waals surface area contributed by atoms with Crippen LogP contribution in [0.1, 0.15) is 32.1 Å². The lowest BCUT2D eigenvalue weighted by atomic mass is 9.71. The summed E-state index contributed by atoms with van der Waals surface area (Å²) in [5.74, 6) is -7.20. The highest BCUT2D eigenvalue weighted by Crippen LogP contribution is 2.49. The minimum atomic E-state index is -4.25. The molecule has 14 heteroatoms. The van der Waals surface area contributed by atoms with Crippen molar-refractivity contribution in [2.24, 2.45) is 11.8 Å². The third-order valence-corrected chi connectivity index (χ3v) is 8.56. The lowest BCUT2D eigenvalue weighted by molar-refractivity contribution is -0.193. The molecule has 3 N–H and O–H groups in total. The van der Waals surface area contributed by atoms with Crippen LogP contribution in [0.2, 0.25) is 5.02 Å². The van der Waals surface area contributed by atoms with Gasteiger partial charge in [0.2, 0.25) is 32.7 Å². The smallest absolute Gasteiger partial charge is 0.255 e. The first-order valence-electron chi connectivity index (χ1n) is 12.6. The molecule has 4 fully saturated rings. The van der Waals surface area contributed by atoms with E-state index >= 15 is 0 Å². The van der Waals surface area contributed by atoms with Crippen LogP contribution in [0.25, 0.3) is 0 Å². The molecule has 4 aliphatic rings. The van der Waals surface area contributed by atoms with Crippen molar-refractivity contribution < 1.29 is 36.0 Å². The molecule has 5 atom stereocenters. The highest BCUT2D eigenvalue weighted by Gasteiger charge is 2.60. The van der Waals surface area contributed by atoms with Crippen LogP contribution < -0.4 is 16.0 Å². The molecule has 3 aliphatic heterocycles. The van der Waals surface area contributed by atoms with E-state index in [2.05, 4.69) is 16.0 Å². The molecule has 2 bridgehead atoms. The van der Waals surface area contributed by atoms with Crippen molar-refractivity contribution >= 4 is 44.8 Å². The van der Waals surface area contributed by atoms with Gasteiger partial charge in [0.05, 0.1) is 18.5 Å². The Morgan fingerprint density at radius 3 is 2.64 bits per heavy atom. The van der Waals surface area contributed by atoms with E-state index < -0.39 is 69.1 Å². The number of piperidine rings is 2. The zero-order valence-corrected chi connectivity index (χ0v) is 22.7. The predicted molar refractivity (Wildman–Crippen MR) is 138 cm³/mol. The molecule has 214 valence electrons. The van der Waals surface area contributed by atoms with Crippen LogP contribution in [-0.2, 0) is 24.2 Å². The Hall–Kier alpha value is -2.80. The van der Waals surface area contributed by atoms with Gasteiger partial charge in [0.25, 0.3) is 5.92 Å². The van der Waals surface area contributed by atoms with E-state index in [4.69, 9.17) is 11.6 Å². The minimum Gasteiger partial charge on any atom is -0.376 e. The molecule has 3 heterocycles. The van der Waals surface area contributed by atoms with E-state index in [0.717, 1.165) is 4.90 Å². The van der Waals surface area contributed by atoms with Crippen LogP contribution in [-0.4, -0.2) is 74.4 Å². The van der Waals surface area contributed by atoms with Gasteiger partial charge < -0.3 is 20.9 Å². The maximum absolute atomic E-state index is 15.0. The molecule has 0 unspecified atom stereocenters. The fraction of sp³-hybridized carbons (Fsp3) is 0.560. The topological polar surface area (TPSA) is 125 Å². The average molecular weight is 591 g/mol. The quantitative estimate of drug-likeness (QED) is 0.406. The number of sulfone groups is 1. The van der Waals surface area contributed by atoms with Crippen molar-refractivity contribution in [2.75, 3.05) is 24.7 Å². The number of hydrogen-bond donors (Lipinski definition) is 3. The van der Waals surface area contributed by atoms with Crippen LogP contribution in [0.4, 0.5) is 18.9 Å². The number of anilines is 1. The summed E-state index contributed by atoms with van der Waals surface area (Å²) in [5, 5.41) is 6.88. The molecule has 5 rings (SSSR count). The van der Waals surface area contributed by atoms with Gasteiger partial charge in [0.1, 0.15) is 6.04 Å². The molecular weight excluding hydrogens is 561 g/mol. The Kier molecular flexibility index (Phi) is 8.50. The summed E-state index contributed by atoms with van der Waals surface area (Å²) in [5.41, 5.74) is 0.528. The first-order valence-corrected chi connectivity index (χ1v) is 14.9. The van der Waals surface area contributed by atoms with E-state index in [1.807, 2.05) is 0 Å². The molecule has 1 saturated carbocycles. The van der Waals surface area contributed by atoms with Crippen molar-refractivity contribution in [2.45, 2.75) is 56.2 Å². The maximum atomic E-state index is 15.0. The molecular formula is C25H30ClF3N4O5S. The first kappa shape index (κ1) is 29.2. The standard InChI is InChI=1S/C25H30ClF3N4O5S/c1-39(37,38)20(27)11-17(9-14-7-8-30-23(14)35)32-24(36)22-19-6-5-18(12-25(19,28)29)33(22)21(34)13-31-16-4-2-3-15(26)10-16/h2-4,10-11,14,17-19,22,31H,5-9,12-13H2,1H3,(H,30,35)(H,32,36)/b20-11+/t14-,17-,18+,19+,22-/m1/s1. The monoisotopic (exact) mass is 590 g/mol. The van der Waals surface area contributed by atoms with Gasteiger partial charge in [-0.05, 0) is 50.0 Å². The second-order valence-corrected chi connectivity index (χ2v) is 12.7. The summed E-state index contributed by atoms with van der Waals surface area (Å²) in [4.78, 5) is 40.1. The highest BCUT2D eigenvalue weighted by molar-refractivity contribution is 7.94. The van der Waals surface area contributed by atoms with Gasteiger partial charge in [-0.15, -0.1) is 0 Å². The van der Waals surface area contributed by atoms with Gasteiger partial charge >= 0.3 is 0 Å². The van der Waals surface area contributed by atoms with Crippen LogP contribution in [0.3, 0.4) is 0 Å². The Bertz CT molecular complexity index is 1280. The van der Waals surface area contributed by atoms with E-state index in [-0.39, 0.29) is 25.3 Å². The number of alkyl halides is 2.